The Hall–Kier alpha value is -0.900. The molecule has 0 bridgehead atoms. The predicted octanol–water partition coefficient (Wildman–Crippen LogP) is 1.69. The predicted molar refractivity (Wildman–Crippen MR) is 74.9 cm³/mol. The summed E-state index contributed by atoms with van der Waals surface area (Å²) in [7, 11) is 0. The summed E-state index contributed by atoms with van der Waals surface area (Å²) in [6.07, 6.45) is 5.36. The molecule has 0 saturated carbocycles. The summed E-state index contributed by atoms with van der Waals surface area (Å²) in [5.74, 6) is 0.796. The van der Waals surface area contributed by atoms with Crippen molar-refractivity contribution in [1.82, 2.24) is 9.80 Å². The van der Waals surface area contributed by atoms with Gasteiger partial charge in [0, 0.05) is 19.0 Å². The Labute approximate surface area is 116 Å². The van der Waals surface area contributed by atoms with Crippen LogP contribution in [0.2, 0.25) is 0 Å². The van der Waals surface area contributed by atoms with Crippen LogP contribution in [0.1, 0.15) is 46.0 Å². The number of carbonyl (C=O) groups excluding carboxylic acids is 2. The zero-order chi connectivity index (χ0) is 13.8. The van der Waals surface area contributed by atoms with Crippen LogP contribution in [0.5, 0.6) is 0 Å². The van der Waals surface area contributed by atoms with Gasteiger partial charge in [0.05, 0.1) is 6.04 Å². The van der Waals surface area contributed by atoms with Gasteiger partial charge in [-0.2, -0.15) is 0 Å². The third kappa shape index (κ3) is 3.56. The van der Waals surface area contributed by atoms with Crippen LogP contribution in [-0.2, 0) is 9.59 Å². The van der Waals surface area contributed by atoms with Gasteiger partial charge in [-0.3, -0.25) is 14.5 Å². The van der Waals surface area contributed by atoms with Gasteiger partial charge in [-0.25, -0.2) is 0 Å². The van der Waals surface area contributed by atoms with E-state index >= 15 is 0 Å². The minimum absolute atomic E-state index is 0.0222. The van der Waals surface area contributed by atoms with Crippen LogP contribution in [0.4, 0.5) is 0 Å². The number of nitrogens with zero attached hydrogens (tertiary/aromatic N) is 2. The second-order valence-corrected chi connectivity index (χ2v) is 5.98. The van der Waals surface area contributed by atoms with Gasteiger partial charge in [-0.05, 0) is 59.0 Å². The average molecular weight is 266 g/mol. The van der Waals surface area contributed by atoms with Crippen molar-refractivity contribution in [2.24, 2.45) is 5.92 Å². The van der Waals surface area contributed by atoms with Gasteiger partial charge < -0.3 is 4.90 Å². The molecule has 1 atom stereocenters. The molecule has 19 heavy (non-hydrogen) atoms. The number of carbonyl (C=O) groups is 2. The van der Waals surface area contributed by atoms with Gasteiger partial charge in [0.15, 0.2) is 0 Å². The molecule has 2 rings (SSSR count). The Morgan fingerprint density at radius 3 is 2.11 bits per heavy atom. The van der Waals surface area contributed by atoms with Crippen LogP contribution in [0.3, 0.4) is 0 Å². The van der Waals surface area contributed by atoms with E-state index < -0.39 is 0 Å². The first-order chi connectivity index (χ1) is 9.09. The van der Waals surface area contributed by atoms with Crippen LogP contribution in [0.25, 0.3) is 0 Å². The highest BCUT2D eigenvalue weighted by atomic mass is 16.2. The van der Waals surface area contributed by atoms with Crippen LogP contribution < -0.4 is 0 Å². The number of Topliss-reactive ketones (excluding diaryl/α,β-unsaturated/α-hetero) is 1. The first kappa shape index (κ1) is 14.5. The van der Waals surface area contributed by atoms with Gasteiger partial charge in [-0.1, -0.05) is 0 Å². The summed E-state index contributed by atoms with van der Waals surface area (Å²) in [6.45, 7) is 7.31. The van der Waals surface area contributed by atoms with Crippen LogP contribution in [0, 0.1) is 5.92 Å². The van der Waals surface area contributed by atoms with E-state index in [0.29, 0.717) is 5.78 Å². The Morgan fingerprint density at radius 2 is 1.58 bits per heavy atom. The number of ketones is 1. The van der Waals surface area contributed by atoms with Gasteiger partial charge in [0.25, 0.3) is 0 Å². The van der Waals surface area contributed by atoms with Crippen LogP contribution in [-0.4, -0.2) is 53.7 Å². The van der Waals surface area contributed by atoms with Gasteiger partial charge >= 0.3 is 0 Å². The van der Waals surface area contributed by atoms with E-state index in [-0.39, 0.29) is 17.9 Å². The molecule has 1 amide bonds. The third-order valence-corrected chi connectivity index (χ3v) is 4.68. The molecule has 0 N–H and O–H groups in total. The molecule has 0 aromatic carbocycles. The summed E-state index contributed by atoms with van der Waals surface area (Å²) in [5, 5.41) is 0. The zero-order valence-electron chi connectivity index (χ0n) is 12.2. The molecule has 108 valence electrons. The van der Waals surface area contributed by atoms with Gasteiger partial charge in [0.1, 0.15) is 5.78 Å². The molecule has 2 heterocycles. The number of hydrogen-bond acceptors (Lipinski definition) is 3. The van der Waals surface area contributed by atoms with Crippen LogP contribution in [0.15, 0.2) is 0 Å². The van der Waals surface area contributed by atoms with E-state index in [4.69, 9.17) is 0 Å². The molecular weight excluding hydrogens is 240 g/mol. The summed E-state index contributed by atoms with van der Waals surface area (Å²) in [6, 6.07) is -0.0222. The highest BCUT2D eigenvalue weighted by Crippen LogP contribution is 2.21. The lowest BCUT2D eigenvalue weighted by Crippen LogP contribution is -2.51. The second-order valence-electron chi connectivity index (χ2n) is 5.98. The topological polar surface area (TPSA) is 40.6 Å². The fraction of sp³-hybridized carbons (Fsp3) is 0.867. The van der Waals surface area contributed by atoms with Crippen molar-refractivity contribution in [1.29, 1.82) is 0 Å². The molecule has 0 aromatic heterocycles. The van der Waals surface area contributed by atoms with Crippen molar-refractivity contribution in [2.75, 3.05) is 26.2 Å². The van der Waals surface area contributed by atoms with Gasteiger partial charge in [0.2, 0.25) is 5.91 Å². The van der Waals surface area contributed by atoms with E-state index in [1.807, 2.05) is 11.8 Å². The summed E-state index contributed by atoms with van der Waals surface area (Å²) in [4.78, 5) is 28.1. The first-order valence-electron chi connectivity index (χ1n) is 7.63. The number of piperidine rings is 2. The fourth-order valence-corrected chi connectivity index (χ4v) is 3.23. The van der Waals surface area contributed by atoms with Crippen LogP contribution >= 0.6 is 0 Å². The maximum atomic E-state index is 12.4. The normalized spacial score (nSPS) is 24.2. The van der Waals surface area contributed by atoms with E-state index in [0.717, 1.165) is 51.9 Å². The summed E-state index contributed by atoms with van der Waals surface area (Å²) in [5.41, 5.74) is 0. The standard InChI is InChI=1S/C15H26N2O2/c1-12(15(19)17-8-4-3-5-9-17)16-10-6-14(7-11-16)13(2)18/h12,14H,3-11H2,1-2H3. The second kappa shape index (κ2) is 6.51. The van der Waals surface area contributed by atoms with E-state index in [2.05, 4.69) is 4.90 Å². The molecular formula is C15H26N2O2. The molecule has 2 saturated heterocycles. The number of amides is 1. The van der Waals surface area contributed by atoms with Crippen molar-refractivity contribution in [2.45, 2.75) is 52.0 Å². The zero-order valence-corrected chi connectivity index (χ0v) is 12.2. The van der Waals surface area contributed by atoms with Crippen molar-refractivity contribution < 1.29 is 9.59 Å². The SMILES string of the molecule is CC(=O)C1CCN(C(C)C(=O)N2CCCCC2)CC1. The van der Waals surface area contributed by atoms with E-state index in [9.17, 15) is 9.59 Å². The Kier molecular flexibility index (Phi) is 4.97. The molecule has 2 aliphatic heterocycles. The highest BCUT2D eigenvalue weighted by Gasteiger charge is 2.30. The molecule has 4 heteroatoms. The van der Waals surface area contributed by atoms with Crippen molar-refractivity contribution in [3.63, 3.8) is 0 Å². The molecule has 1 unspecified atom stereocenters. The van der Waals surface area contributed by atoms with Gasteiger partial charge in [-0.15, -0.1) is 0 Å². The molecule has 2 aliphatic rings. The van der Waals surface area contributed by atoms with Crippen molar-refractivity contribution in [3.05, 3.63) is 0 Å². The Bertz CT molecular complexity index is 329. The van der Waals surface area contributed by atoms with Crippen molar-refractivity contribution in [3.8, 4) is 0 Å². The minimum atomic E-state index is -0.0222. The van der Waals surface area contributed by atoms with E-state index in [1.165, 1.54) is 6.42 Å². The Balaban J connectivity index is 1.84. The molecule has 2 fully saturated rings. The molecule has 0 aromatic rings. The molecule has 0 spiro atoms. The lowest BCUT2D eigenvalue weighted by atomic mass is 9.92. The lowest BCUT2D eigenvalue weighted by molar-refractivity contribution is -0.138. The summed E-state index contributed by atoms with van der Waals surface area (Å²) >= 11 is 0. The van der Waals surface area contributed by atoms with Crippen molar-refractivity contribution >= 4 is 11.7 Å². The molecule has 0 radical (unpaired) electrons. The fourth-order valence-electron chi connectivity index (χ4n) is 3.23. The third-order valence-electron chi connectivity index (χ3n) is 4.68. The maximum Gasteiger partial charge on any atom is 0.239 e. The number of likely N-dealkylation sites (tertiary alicyclic amines) is 2. The summed E-state index contributed by atoms with van der Waals surface area (Å²) < 4.78 is 0. The monoisotopic (exact) mass is 266 g/mol. The first-order valence-corrected chi connectivity index (χ1v) is 7.63. The number of hydrogen-bond donors (Lipinski definition) is 0. The highest BCUT2D eigenvalue weighted by molar-refractivity contribution is 5.82. The molecule has 0 aliphatic carbocycles. The quantitative estimate of drug-likeness (QED) is 0.780. The molecule has 4 nitrogen and oxygen atoms in total. The average Bonchev–Trinajstić information content (AvgIpc) is 2.46. The lowest BCUT2D eigenvalue weighted by Gasteiger charge is -2.37. The smallest absolute Gasteiger partial charge is 0.239 e. The van der Waals surface area contributed by atoms with E-state index in [1.54, 1.807) is 6.92 Å². The number of rotatable bonds is 3. The Morgan fingerprint density at radius 1 is 1.00 bits per heavy atom. The minimum Gasteiger partial charge on any atom is -0.341 e. The largest absolute Gasteiger partial charge is 0.341 e. The maximum absolute atomic E-state index is 12.4.